The van der Waals surface area contributed by atoms with Gasteiger partial charge in [0, 0.05) is 29.5 Å². The molecule has 0 saturated carbocycles. The van der Waals surface area contributed by atoms with Crippen LogP contribution >= 0.6 is 11.8 Å². The molecule has 5 nitrogen and oxygen atoms in total. The first-order valence-corrected chi connectivity index (χ1v) is 7.94. The number of fused-ring (bicyclic) bond motifs is 1. The second-order valence-electron chi connectivity index (χ2n) is 5.33. The van der Waals surface area contributed by atoms with Crippen molar-refractivity contribution in [2.75, 3.05) is 5.75 Å². The predicted octanol–water partition coefficient (Wildman–Crippen LogP) is 1.81. The average molecular weight is 295 g/mol. The Balaban J connectivity index is 2.18. The molecule has 110 valence electrons. The maximum Gasteiger partial charge on any atom is 0.257 e. The SMILES string of the molecule is CC[C@H](C)NC(=O)C[C@H]1CSc2nc(C)c(C)c(=O)n21. The molecule has 0 saturated heterocycles. The van der Waals surface area contributed by atoms with Gasteiger partial charge in [-0.15, -0.1) is 0 Å². The lowest BCUT2D eigenvalue weighted by atomic mass is 10.2. The molecular weight excluding hydrogens is 274 g/mol. The number of hydrogen-bond acceptors (Lipinski definition) is 4. The highest BCUT2D eigenvalue weighted by Crippen LogP contribution is 2.32. The van der Waals surface area contributed by atoms with Crippen molar-refractivity contribution in [1.29, 1.82) is 0 Å². The highest BCUT2D eigenvalue weighted by Gasteiger charge is 2.28. The van der Waals surface area contributed by atoms with Gasteiger partial charge in [-0.2, -0.15) is 0 Å². The molecular formula is C14H21N3O2S. The summed E-state index contributed by atoms with van der Waals surface area (Å²) in [5.74, 6) is 0.738. The van der Waals surface area contributed by atoms with Gasteiger partial charge in [-0.25, -0.2) is 4.98 Å². The summed E-state index contributed by atoms with van der Waals surface area (Å²) >= 11 is 1.55. The Morgan fingerprint density at radius 2 is 2.25 bits per heavy atom. The molecule has 1 aliphatic rings. The van der Waals surface area contributed by atoms with E-state index in [2.05, 4.69) is 10.3 Å². The van der Waals surface area contributed by atoms with E-state index < -0.39 is 0 Å². The highest BCUT2D eigenvalue weighted by atomic mass is 32.2. The lowest BCUT2D eigenvalue weighted by molar-refractivity contribution is -0.122. The summed E-state index contributed by atoms with van der Waals surface area (Å²) in [6, 6.07) is 0.0870. The molecule has 0 spiro atoms. The van der Waals surface area contributed by atoms with Gasteiger partial charge in [0.1, 0.15) is 0 Å². The lowest BCUT2D eigenvalue weighted by Gasteiger charge is -2.16. The predicted molar refractivity (Wildman–Crippen MR) is 80.2 cm³/mol. The Labute approximate surface area is 123 Å². The number of amides is 1. The van der Waals surface area contributed by atoms with Gasteiger partial charge >= 0.3 is 0 Å². The van der Waals surface area contributed by atoms with E-state index in [9.17, 15) is 9.59 Å². The summed E-state index contributed by atoms with van der Waals surface area (Å²) in [6.45, 7) is 7.65. The number of carbonyl (C=O) groups is 1. The van der Waals surface area contributed by atoms with Crippen LogP contribution < -0.4 is 10.9 Å². The molecule has 0 radical (unpaired) electrons. The normalized spacial score (nSPS) is 18.7. The minimum atomic E-state index is -0.0849. The van der Waals surface area contributed by atoms with Gasteiger partial charge < -0.3 is 5.32 Å². The zero-order chi connectivity index (χ0) is 14.9. The molecule has 2 rings (SSSR count). The molecule has 0 aliphatic carbocycles. The Morgan fingerprint density at radius 1 is 1.55 bits per heavy atom. The molecule has 0 bridgehead atoms. The van der Waals surface area contributed by atoms with E-state index in [-0.39, 0.29) is 23.6 Å². The minimum Gasteiger partial charge on any atom is -0.354 e. The van der Waals surface area contributed by atoms with Crippen molar-refractivity contribution in [2.24, 2.45) is 0 Å². The van der Waals surface area contributed by atoms with Gasteiger partial charge in [0.25, 0.3) is 5.56 Å². The van der Waals surface area contributed by atoms with Crippen molar-refractivity contribution < 1.29 is 4.79 Å². The summed E-state index contributed by atoms with van der Waals surface area (Å²) in [7, 11) is 0. The van der Waals surface area contributed by atoms with E-state index >= 15 is 0 Å². The summed E-state index contributed by atoms with van der Waals surface area (Å²) in [5.41, 5.74) is 1.43. The van der Waals surface area contributed by atoms with Crippen LogP contribution in [0.3, 0.4) is 0 Å². The van der Waals surface area contributed by atoms with Gasteiger partial charge in [-0.1, -0.05) is 18.7 Å². The Morgan fingerprint density at radius 3 is 2.90 bits per heavy atom. The van der Waals surface area contributed by atoms with Crippen LogP contribution in [0.1, 0.15) is 44.0 Å². The molecule has 1 aromatic heterocycles. The van der Waals surface area contributed by atoms with Crippen LogP contribution in [0, 0.1) is 13.8 Å². The third kappa shape index (κ3) is 2.90. The quantitative estimate of drug-likeness (QED) is 0.861. The maximum absolute atomic E-state index is 12.3. The molecule has 1 N–H and O–H groups in total. The van der Waals surface area contributed by atoms with Crippen LogP contribution in [0.2, 0.25) is 0 Å². The molecule has 0 unspecified atom stereocenters. The van der Waals surface area contributed by atoms with Crippen molar-refractivity contribution in [3.8, 4) is 0 Å². The number of nitrogens with one attached hydrogen (secondary N) is 1. The smallest absolute Gasteiger partial charge is 0.257 e. The molecule has 6 heteroatoms. The van der Waals surface area contributed by atoms with Crippen molar-refractivity contribution in [1.82, 2.24) is 14.9 Å². The second-order valence-corrected chi connectivity index (χ2v) is 6.31. The van der Waals surface area contributed by atoms with Crippen LogP contribution in [0.4, 0.5) is 0 Å². The van der Waals surface area contributed by atoms with E-state index in [0.717, 1.165) is 23.0 Å². The Bertz CT molecular complexity index is 583. The minimum absolute atomic E-state index is 0.00271. The third-order valence-corrected chi connectivity index (χ3v) is 4.86. The summed E-state index contributed by atoms with van der Waals surface area (Å²) in [5, 5.41) is 3.68. The fourth-order valence-corrected chi connectivity index (χ4v) is 3.35. The number of aromatic nitrogens is 2. The van der Waals surface area contributed by atoms with Crippen LogP contribution in [-0.4, -0.2) is 27.3 Å². The standard InChI is InChI=1S/C14H21N3O2S/c1-5-8(2)15-12(18)6-11-7-20-14-16-10(4)9(3)13(19)17(11)14/h8,11H,5-7H2,1-4H3,(H,15,18)/t8-,11-/m0/s1. The van der Waals surface area contributed by atoms with Gasteiger partial charge in [0.2, 0.25) is 5.91 Å². The molecule has 2 atom stereocenters. The summed E-state index contributed by atoms with van der Waals surface area (Å²) in [6.07, 6.45) is 1.25. The van der Waals surface area contributed by atoms with Crippen LogP contribution in [0.25, 0.3) is 0 Å². The molecule has 0 fully saturated rings. The van der Waals surface area contributed by atoms with Gasteiger partial charge in [-0.3, -0.25) is 14.2 Å². The van der Waals surface area contributed by atoms with Gasteiger partial charge in [0.05, 0.1) is 6.04 Å². The van der Waals surface area contributed by atoms with Crippen LogP contribution in [-0.2, 0) is 4.79 Å². The molecule has 1 aliphatic heterocycles. The molecule has 0 aromatic carbocycles. The van der Waals surface area contributed by atoms with E-state index in [1.807, 2.05) is 20.8 Å². The zero-order valence-corrected chi connectivity index (χ0v) is 13.2. The van der Waals surface area contributed by atoms with Crippen LogP contribution in [0.5, 0.6) is 0 Å². The topological polar surface area (TPSA) is 64.0 Å². The van der Waals surface area contributed by atoms with E-state index in [1.54, 1.807) is 23.3 Å². The highest BCUT2D eigenvalue weighted by molar-refractivity contribution is 7.99. The zero-order valence-electron chi connectivity index (χ0n) is 12.4. The van der Waals surface area contributed by atoms with Gasteiger partial charge in [0.15, 0.2) is 5.16 Å². The molecule has 1 amide bonds. The van der Waals surface area contributed by atoms with E-state index in [0.29, 0.717) is 12.0 Å². The second kappa shape index (κ2) is 5.99. The lowest BCUT2D eigenvalue weighted by Crippen LogP contribution is -2.35. The average Bonchev–Trinajstić information content (AvgIpc) is 2.78. The fourth-order valence-electron chi connectivity index (χ4n) is 2.17. The van der Waals surface area contributed by atoms with Gasteiger partial charge in [-0.05, 0) is 27.2 Å². The Hall–Kier alpha value is -1.30. The number of aryl methyl sites for hydroxylation is 1. The summed E-state index contributed by atoms with van der Waals surface area (Å²) in [4.78, 5) is 28.8. The monoisotopic (exact) mass is 295 g/mol. The number of nitrogens with zero attached hydrogens (tertiary/aromatic N) is 2. The first-order chi connectivity index (χ1) is 9.43. The van der Waals surface area contributed by atoms with Crippen molar-refractivity contribution in [2.45, 2.75) is 57.8 Å². The first-order valence-electron chi connectivity index (χ1n) is 6.96. The third-order valence-electron chi connectivity index (χ3n) is 3.76. The largest absolute Gasteiger partial charge is 0.354 e. The Kier molecular flexibility index (Phi) is 4.52. The fraction of sp³-hybridized carbons (Fsp3) is 0.643. The number of thioether (sulfide) groups is 1. The van der Waals surface area contributed by atoms with Crippen LogP contribution in [0.15, 0.2) is 9.95 Å². The maximum atomic E-state index is 12.3. The van der Waals surface area contributed by atoms with E-state index in [4.69, 9.17) is 0 Å². The van der Waals surface area contributed by atoms with E-state index in [1.165, 1.54) is 0 Å². The number of rotatable bonds is 4. The molecule has 2 heterocycles. The molecule has 1 aromatic rings. The van der Waals surface area contributed by atoms with Crippen molar-refractivity contribution >= 4 is 17.7 Å². The van der Waals surface area contributed by atoms with Crippen molar-refractivity contribution in [3.05, 3.63) is 21.6 Å². The van der Waals surface area contributed by atoms with Crippen molar-refractivity contribution in [3.63, 3.8) is 0 Å². The first kappa shape index (κ1) is 15.1. The molecule has 20 heavy (non-hydrogen) atoms. The number of hydrogen-bond donors (Lipinski definition) is 1. The summed E-state index contributed by atoms with van der Waals surface area (Å²) < 4.78 is 1.68. The number of carbonyl (C=O) groups excluding carboxylic acids is 1.